The molecule has 136 valence electrons. The van der Waals surface area contributed by atoms with Crippen LogP contribution in [0.1, 0.15) is 78.4 Å². The van der Waals surface area contributed by atoms with Crippen molar-refractivity contribution in [3.8, 4) is 0 Å². The number of ketones is 1. The fraction of sp³-hybridized carbons (Fsp3) is 0.870. The summed E-state index contributed by atoms with van der Waals surface area (Å²) in [7, 11) is 0. The number of carbonyl (C=O) groups is 1. The van der Waals surface area contributed by atoms with Crippen LogP contribution in [-0.2, 0) is 4.79 Å². The first-order valence-corrected chi connectivity index (χ1v) is 10.9. The molecule has 0 unspecified atom stereocenters. The number of aliphatic hydroxyl groups excluding tert-OH is 1. The van der Waals surface area contributed by atoms with Crippen molar-refractivity contribution in [1.82, 2.24) is 0 Å². The monoisotopic (exact) mass is 341 g/mol. The standard InChI is InChI=1S/C23H32O2/c24-20(22-8-14-1-15(9-22)3-16(2-14)10-22)7-21(25)23-11-17-4-18(12-23)6-19(5-17)13-23/h7,14-19,24H,1-6,8-13H2/i7D. The van der Waals surface area contributed by atoms with Crippen LogP contribution in [0.4, 0.5) is 0 Å². The zero-order valence-corrected chi connectivity index (χ0v) is 15.3. The molecule has 8 saturated carbocycles. The van der Waals surface area contributed by atoms with E-state index in [9.17, 15) is 9.90 Å². The molecule has 0 aromatic carbocycles. The lowest BCUT2D eigenvalue weighted by atomic mass is 9.47. The summed E-state index contributed by atoms with van der Waals surface area (Å²) in [5.41, 5.74) is -0.508. The molecule has 0 radical (unpaired) electrons. The number of carbonyl (C=O) groups excluding carboxylic acids is 1. The van der Waals surface area contributed by atoms with Gasteiger partial charge in [-0.15, -0.1) is 0 Å². The van der Waals surface area contributed by atoms with Crippen molar-refractivity contribution in [3.05, 3.63) is 11.8 Å². The maximum Gasteiger partial charge on any atom is 0.165 e. The number of hydrogen-bond acceptors (Lipinski definition) is 2. The maximum atomic E-state index is 13.5. The first kappa shape index (κ1) is 14.3. The molecule has 8 rings (SSSR count). The molecular weight excluding hydrogens is 308 g/mol. The number of rotatable bonds is 3. The molecule has 1 N–H and O–H groups in total. The zero-order chi connectivity index (χ0) is 17.7. The molecule has 0 heterocycles. The van der Waals surface area contributed by atoms with Gasteiger partial charge in [-0.25, -0.2) is 0 Å². The third kappa shape index (κ3) is 2.18. The minimum absolute atomic E-state index is 0.0184. The Morgan fingerprint density at radius 3 is 1.40 bits per heavy atom. The quantitative estimate of drug-likeness (QED) is 0.549. The van der Waals surface area contributed by atoms with E-state index in [2.05, 4.69) is 0 Å². The van der Waals surface area contributed by atoms with Crippen LogP contribution in [0.2, 0.25) is 0 Å². The van der Waals surface area contributed by atoms with E-state index in [4.69, 9.17) is 1.37 Å². The van der Waals surface area contributed by atoms with E-state index in [0.29, 0.717) is 17.8 Å². The van der Waals surface area contributed by atoms with Gasteiger partial charge in [0.05, 0.1) is 1.37 Å². The summed E-state index contributed by atoms with van der Waals surface area (Å²) in [5.74, 6) is 4.53. The van der Waals surface area contributed by atoms with Gasteiger partial charge in [0.15, 0.2) is 5.78 Å². The minimum atomic E-state index is -0.290. The normalized spacial score (nSPS) is 56.7. The lowest BCUT2D eigenvalue weighted by Gasteiger charge is -2.57. The van der Waals surface area contributed by atoms with E-state index in [0.717, 1.165) is 56.3 Å². The Balaban J connectivity index is 1.33. The van der Waals surface area contributed by atoms with Crippen LogP contribution < -0.4 is 0 Å². The summed E-state index contributed by atoms with van der Waals surface area (Å²) in [6, 6.07) is 0.0221. The lowest BCUT2D eigenvalue weighted by molar-refractivity contribution is -0.139. The Bertz CT molecular complexity index is 620. The molecule has 0 aromatic heterocycles. The number of allylic oxidation sites excluding steroid dienone is 2. The van der Waals surface area contributed by atoms with Crippen molar-refractivity contribution in [1.29, 1.82) is 0 Å². The van der Waals surface area contributed by atoms with Crippen LogP contribution in [0, 0.1) is 46.3 Å². The average molecular weight is 342 g/mol. The second-order valence-corrected chi connectivity index (χ2v) is 11.2. The van der Waals surface area contributed by atoms with E-state index in [1.807, 2.05) is 0 Å². The summed E-state index contributed by atoms with van der Waals surface area (Å²) in [6.07, 6.45) is 14.0. The highest BCUT2D eigenvalue weighted by Gasteiger charge is 2.56. The van der Waals surface area contributed by atoms with Crippen LogP contribution in [0.15, 0.2) is 11.8 Å². The van der Waals surface area contributed by atoms with Crippen molar-refractivity contribution in [3.63, 3.8) is 0 Å². The first-order chi connectivity index (χ1) is 12.4. The molecule has 2 nitrogen and oxygen atoms in total. The Morgan fingerprint density at radius 2 is 1.04 bits per heavy atom. The highest BCUT2D eigenvalue weighted by atomic mass is 16.3. The van der Waals surface area contributed by atoms with Gasteiger partial charge in [0, 0.05) is 16.9 Å². The van der Waals surface area contributed by atoms with Crippen molar-refractivity contribution < 1.29 is 11.3 Å². The van der Waals surface area contributed by atoms with Crippen LogP contribution in [0.3, 0.4) is 0 Å². The first-order valence-electron chi connectivity index (χ1n) is 11.4. The van der Waals surface area contributed by atoms with Gasteiger partial charge in [0.1, 0.15) is 5.76 Å². The van der Waals surface area contributed by atoms with Gasteiger partial charge in [-0.3, -0.25) is 4.79 Å². The third-order valence-electron chi connectivity index (χ3n) is 9.29. The van der Waals surface area contributed by atoms with Crippen LogP contribution in [0.5, 0.6) is 0 Å². The van der Waals surface area contributed by atoms with Gasteiger partial charge in [0.2, 0.25) is 0 Å². The van der Waals surface area contributed by atoms with Crippen molar-refractivity contribution in [2.75, 3.05) is 0 Å². The second-order valence-electron chi connectivity index (χ2n) is 11.2. The van der Waals surface area contributed by atoms with Gasteiger partial charge in [0.25, 0.3) is 0 Å². The molecule has 8 aliphatic carbocycles. The highest BCUT2D eigenvalue weighted by molar-refractivity contribution is 5.95. The Morgan fingerprint density at radius 1 is 0.720 bits per heavy atom. The number of aliphatic hydroxyl groups is 1. The lowest BCUT2D eigenvalue weighted by Crippen LogP contribution is -2.50. The average Bonchev–Trinajstić information content (AvgIpc) is 2.57. The fourth-order valence-corrected chi connectivity index (χ4v) is 9.16. The van der Waals surface area contributed by atoms with Crippen LogP contribution >= 0.6 is 0 Å². The van der Waals surface area contributed by atoms with Crippen molar-refractivity contribution in [2.45, 2.75) is 77.0 Å². The summed E-state index contributed by atoms with van der Waals surface area (Å²) in [5, 5.41) is 11.2. The van der Waals surface area contributed by atoms with E-state index in [-0.39, 0.29) is 28.4 Å². The molecule has 0 aliphatic heterocycles. The summed E-state index contributed by atoms with van der Waals surface area (Å²) >= 11 is 0. The van der Waals surface area contributed by atoms with Crippen molar-refractivity contribution >= 4 is 5.78 Å². The minimum Gasteiger partial charge on any atom is -0.512 e. The Kier molecular flexibility index (Phi) is 2.82. The van der Waals surface area contributed by atoms with Gasteiger partial charge in [-0.2, -0.15) is 0 Å². The molecule has 8 aliphatic rings. The molecule has 8 fully saturated rings. The highest BCUT2D eigenvalue weighted by Crippen LogP contribution is 2.63. The molecule has 8 bridgehead atoms. The molecule has 25 heavy (non-hydrogen) atoms. The summed E-state index contributed by atoms with van der Waals surface area (Å²) < 4.78 is 8.74. The Labute approximate surface area is 152 Å². The number of hydrogen-bond donors (Lipinski definition) is 1. The molecule has 0 amide bonds. The smallest absolute Gasteiger partial charge is 0.165 e. The molecule has 0 atom stereocenters. The largest absolute Gasteiger partial charge is 0.512 e. The molecule has 0 aromatic rings. The molecule has 2 heteroatoms. The van der Waals surface area contributed by atoms with E-state index in [1.165, 1.54) is 38.5 Å². The summed E-state index contributed by atoms with van der Waals surface area (Å²) in [4.78, 5) is 13.5. The van der Waals surface area contributed by atoms with E-state index in [1.54, 1.807) is 0 Å². The summed E-state index contributed by atoms with van der Waals surface area (Å²) in [6.45, 7) is 0. The maximum absolute atomic E-state index is 13.5. The Hall–Kier alpha value is -0.790. The predicted octanol–water partition coefficient (Wildman–Crippen LogP) is 5.43. The fourth-order valence-electron chi connectivity index (χ4n) is 9.16. The third-order valence-corrected chi connectivity index (χ3v) is 9.29. The van der Waals surface area contributed by atoms with Gasteiger partial charge < -0.3 is 5.11 Å². The van der Waals surface area contributed by atoms with Crippen LogP contribution in [-0.4, -0.2) is 10.9 Å². The van der Waals surface area contributed by atoms with Gasteiger partial charge in [-0.05, 0) is 113 Å². The van der Waals surface area contributed by atoms with Gasteiger partial charge in [-0.1, -0.05) is 0 Å². The molecule has 0 saturated heterocycles. The van der Waals surface area contributed by atoms with E-state index >= 15 is 0 Å². The second kappa shape index (κ2) is 4.93. The predicted molar refractivity (Wildman–Crippen MR) is 96.9 cm³/mol. The topological polar surface area (TPSA) is 37.3 Å². The zero-order valence-electron chi connectivity index (χ0n) is 16.3. The van der Waals surface area contributed by atoms with E-state index < -0.39 is 0 Å². The molecule has 0 spiro atoms. The van der Waals surface area contributed by atoms with Gasteiger partial charge >= 0.3 is 0 Å². The van der Waals surface area contributed by atoms with Crippen LogP contribution in [0.25, 0.3) is 0 Å². The SMILES string of the molecule is [2H]C(C(=O)C12CC3CC(CC(C3)C1)C2)=C(O)C12CC3CC(CC(C3)C1)C2. The van der Waals surface area contributed by atoms with Crippen molar-refractivity contribution in [2.24, 2.45) is 46.3 Å². The molecular formula is C23H32O2.